The molecule has 0 amide bonds. The summed E-state index contributed by atoms with van der Waals surface area (Å²) in [4.78, 5) is 0. The molecule has 0 unspecified atom stereocenters. The van der Waals surface area contributed by atoms with Crippen LogP contribution < -0.4 is 10.5 Å². The first-order valence-electron chi connectivity index (χ1n) is 3.91. The fourth-order valence-corrected chi connectivity index (χ4v) is 1.31. The van der Waals surface area contributed by atoms with Crippen molar-refractivity contribution in [3.05, 3.63) is 28.5 Å². The minimum atomic E-state index is -0.523. The molecule has 13 heavy (non-hydrogen) atoms. The van der Waals surface area contributed by atoms with Crippen LogP contribution in [0, 0.1) is 5.82 Å². The summed E-state index contributed by atoms with van der Waals surface area (Å²) in [5.74, 6) is -0.360. The molecule has 0 saturated heterocycles. The Hall–Kier alpha value is -0.800. The van der Waals surface area contributed by atoms with E-state index in [1.807, 2.05) is 0 Å². The van der Waals surface area contributed by atoms with Gasteiger partial charge < -0.3 is 10.5 Å². The van der Waals surface area contributed by atoms with Gasteiger partial charge in [-0.1, -0.05) is 11.6 Å². The van der Waals surface area contributed by atoms with Crippen LogP contribution in [0.1, 0.15) is 5.56 Å². The van der Waals surface area contributed by atoms with Gasteiger partial charge in [0.05, 0.1) is 12.1 Å². The second-order valence-corrected chi connectivity index (χ2v) is 3.04. The molecule has 0 heterocycles. The summed E-state index contributed by atoms with van der Waals surface area (Å²) in [6, 6.07) is 3.17. The lowest BCUT2D eigenvalue weighted by Gasteiger charge is -2.06. The largest absolute Gasteiger partial charge is 0.494 e. The number of methoxy groups -OCH3 is 1. The van der Waals surface area contributed by atoms with E-state index >= 15 is 0 Å². The molecule has 0 aliphatic rings. The van der Waals surface area contributed by atoms with Crippen molar-refractivity contribution in [3.8, 4) is 5.75 Å². The van der Waals surface area contributed by atoms with E-state index in [0.29, 0.717) is 13.0 Å². The molecule has 72 valence electrons. The van der Waals surface area contributed by atoms with Crippen LogP contribution in [-0.2, 0) is 6.42 Å². The highest BCUT2D eigenvalue weighted by Gasteiger charge is 2.08. The van der Waals surface area contributed by atoms with Crippen molar-refractivity contribution in [2.24, 2.45) is 5.73 Å². The van der Waals surface area contributed by atoms with Gasteiger partial charge in [0.1, 0.15) is 0 Å². The number of halogens is 2. The van der Waals surface area contributed by atoms with Crippen molar-refractivity contribution in [1.82, 2.24) is 0 Å². The first kappa shape index (κ1) is 10.3. The predicted molar refractivity (Wildman–Crippen MR) is 50.7 cm³/mol. The van der Waals surface area contributed by atoms with Crippen molar-refractivity contribution in [1.29, 1.82) is 0 Å². The van der Waals surface area contributed by atoms with Crippen molar-refractivity contribution in [2.45, 2.75) is 6.42 Å². The SMILES string of the molecule is COc1cc(CCN)cc(Cl)c1F. The molecule has 0 aromatic heterocycles. The first-order valence-corrected chi connectivity index (χ1v) is 4.28. The topological polar surface area (TPSA) is 35.2 Å². The maximum Gasteiger partial charge on any atom is 0.183 e. The molecule has 2 N–H and O–H groups in total. The molecule has 0 radical (unpaired) electrons. The van der Waals surface area contributed by atoms with Crippen molar-refractivity contribution < 1.29 is 9.13 Å². The van der Waals surface area contributed by atoms with Crippen LogP contribution in [0.5, 0.6) is 5.75 Å². The van der Waals surface area contributed by atoms with E-state index in [9.17, 15) is 4.39 Å². The Morgan fingerprint density at radius 1 is 1.54 bits per heavy atom. The van der Waals surface area contributed by atoms with Gasteiger partial charge in [0.25, 0.3) is 0 Å². The fourth-order valence-electron chi connectivity index (χ4n) is 1.08. The van der Waals surface area contributed by atoms with Gasteiger partial charge in [-0.2, -0.15) is 0 Å². The summed E-state index contributed by atoms with van der Waals surface area (Å²) >= 11 is 5.64. The summed E-state index contributed by atoms with van der Waals surface area (Å²) in [6.07, 6.45) is 0.663. The lowest BCUT2D eigenvalue weighted by Crippen LogP contribution is -2.03. The highest BCUT2D eigenvalue weighted by molar-refractivity contribution is 6.30. The number of hydrogen-bond acceptors (Lipinski definition) is 2. The zero-order valence-corrected chi connectivity index (χ0v) is 8.07. The summed E-state index contributed by atoms with van der Waals surface area (Å²) < 4.78 is 17.9. The lowest BCUT2D eigenvalue weighted by atomic mass is 10.1. The standard InChI is InChI=1S/C9H11ClFNO/c1-13-8-5-6(2-3-12)4-7(10)9(8)11/h4-5H,2-3,12H2,1H3. The van der Waals surface area contributed by atoms with E-state index in [-0.39, 0.29) is 10.8 Å². The Bertz CT molecular complexity index is 304. The van der Waals surface area contributed by atoms with Gasteiger partial charge in [-0.3, -0.25) is 0 Å². The molecule has 1 aromatic carbocycles. The number of hydrogen-bond donors (Lipinski definition) is 1. The molecule has 0 aliphatic heterocycles. The van der Waals surface area contributed by atoms with Crippen molar-refractivity contribution in [3.63, 3.8) is 0 Å². The van der Waals surface area contributed by atoms with E-state index in [1.165, 1.54) is 7.11 Å². The average Bonchev–Trinajstić information content (AvgIpc) is 2.11. The molecular weight excluding hydrogens is 193 g/mol. The Labute approximate surface area is 81.4 Å². The number of benzene rings is 1. The van der Waals surface area contributed by atoms with Crippen LogP contribution in [0.2, 0.25) is 5.02 Å². The normalized spacial score (nSPS) is 10.2. The van der Waals surface area contributed by atoms with Crippen LogP contribution in [0.4, 0.5) is 4.39 Å². The van der Waals surface area contributed by atoms with E-state index in [2.05, 4.69) is 0 Å². The molecule has 0 bridgehead atoms. The minimum absolute atomic E-state index is 0.0720. The van der Waals surface area contributed by atoms with Crippen LogP contribution in [0.15, 0.2) is 12.1 Å². The maximum absolute atomic E-state index is 13.1. The summed E-state index contributed by atoms with van der Waals surface area (Å²) in [5.41, 5.74) is 6.24. The molecule has 0 fully saturated rings. The summed E-state index contributed by atoms with van der Waals surface area (Å²) in [5, 5.41) is 0.0720. The number of nitrogens with two attached hydrogens (primary N) is 1. The van der Waals surface area contributed by atoms with E-state index < -0.39 is 5.82 Å². The van der Waals surface area contributed by atoms with Crippen LogP contribution in [0.25, 0.3) is 0 Å². The van der Waals surface area contributed by atoms with E-state index in [1.54, 1.807) is 12.1 Å². The zero-order valence-electron chi connectivity index (χ0n) is 7.31. The molecule has 0 aliphatic carbocycles. The average molecular weight is 204 g/mol. The van der Waals surface area contributed by atoms with Gasteiger partial charge in [-0.15, -0.1) is 0 Å². The molecule has 2 nitrogen and oxygen atoms in total. The quantitative estimate of drug-likeness (QED) is 0.816. The second-order valence-electron chi connectivity index (χ2n) is 2.63. The summed E-state index contributed by atoms with van der Waals surface area (Å²) in [7, 11) is 1.40. The number of ether oxygens (including phenoxy) is 1. The third-order valence-electron chi connectivity index (χ3n) is 1.71. The highest BCUT2D eigenvalue weighted by Crippen LogP contribution is 2.26. The Morgan fingerprint density at radius 2 is 2.23 bits per heavy atom. The number of rotatable bonds is 3. The van der Waals surface area contributed by atoms with Gasteiger partial charge in [-0.05, 0) is 30.7 Å². The van der Waals surface area contributed by atoms with Gasteiger partial charge >= 0.3 is 0 Å². The highest BCUT2D eigenvalue weighted by atomic mass is 35.5. The van der Waals surface area contributed by atoms with Crippen LogP contribution in [0.3, 0.4) is 0 Å². The van der Waals surface area contributed by atoms with Gasteiger partial charge in [0, 0.05) is 0 Å². The van der Waals surface area contributed by atoms with Crippen LogP contribution in [-0.4, -0.2) is 13.7 Å². The second kappa shape index (κ2) is 4.44. The Morgan fingerprint density at radius 3 is 2.77 bits per heavy atom. The Balaban J connectivity index is 3.06. The smallest absolute Gasteiger partial charge is 0.183 e. The van der Waals surface area contributed by atoms with Gasteiger partial charge in [-0.25, -0.2) is 4.39 Å². The van der Waals surface area contributed by atoms with E-state index in [0.717, 1.165) is 5.56 Å². The third-order valence-corrected chi connectivity index (χ3v) is 1.98. The molecule has 0 saturated carbocycles. The molecule has 1 rings (SSSR count). The molecule has 4 heteroatoms. The first-order chi connectivity index (χ1) is 6.19. The van der Waals surface area contributed by atoms with E-state index in [4.69, 9.17) is 22.1 Å². The molecule has 0 atom stereocenters. The van der Waals surface area contributed by atoms with Crippen molar-refractivity contribution >= 4 is 11.6 Å². The van der Waals surface area contributed by atoms with Crippen molar-refractivity contribution in [2.75, 3.05) is 13.7 Å². The summed E-state index contributed by atoms with van der Waals surface area (Å²) in [6.45, 7) is 0.505. The minimum Gasteiger partial charge on any atom is -0.494 e. The van der Waals surface area contributed by atoms with Gasteiger partial charge in [0.15, 0.2) is 11.6 Å². The zero-order chi connectivity index (χ0) is 9.84. The third kappa shape index (κ3) is 2.32. The molecular formula is C9H11ClFNO. The maximum atomic E-state index is 13.1. The molecule has 0 spiro atoms. The molecule has 1 aromatic rings. The Kier molecular flexibility index (Phi) is 3.51. The van der Waals surface area contributed by atoms with Crippen LogP contribution >= 0.6 is 11.6 Å². The monoisotopic (exact) mass is 203 g/mol. The fraction of sp³-hybridized carbons (Fsp3) is 0.333. The predicted octanol–water partition coefficient (Wildman–Crippen LogP) is 1.99. The lowest BCUT2D eigenvalue weighted by molar-refractivity contribution is 0.386. The van der Waals surface area contributed by atoms with Gasteiger partial charge in [0.2, 0.25) is 0 Å².